The average Bonchev–Trinajstić information content (AvgIpc) is 2.54. The molecule has 130 valence electrons. The Kier molecular flexibility index (Phi) is 5.36. The molecule has 0 amide bonds. The van der Waals surface area contributed by atoms with E-state index in [9.17, 15) is 13.5 Å². The predicted molar refractivity (Wildman–Crippen MR) is 89.2 cm³/mol. The number of aryl methyl sites for hydroxylation is 2. The van der Waals surface area contributed by atoms with E-state index < -0.39 is 16.7 Å². The maximum atomic E-state index is 12.6. The number of methoxy groups -OCH3 is 2. The van der Waals surface area contributed by atoms with Gasteiger partial charge < -0.3 is 18.8 Å². The zero-order valence-electron chi connectivity index (χ0n) is 14.0. The third kappa shape index (κ3) is 3.47. The summed E-state index contributed by atoms with van der Waals surface area (Å²) in [6, 6.07) is 7.93. The molecule has 2 aromatic rings. The van der Waals surface area contributed by atoms with Crippen LogP contribution < -0.4 is 13.7 Å². The molecule has 6 nitrogen and oxygen atoms in total. The number of rotatable bonds is 6. The Morgan fingerprint density at radius 3 is 2.12 bits per heavy atom. The number of benzene rings is 2. The van der Waals surface area contributed by atoms with Gasteiger partial charge in [0, 0.05) is 5.56 Å². The number of aliphatic hydroxyl groups is 1. The summed E-state index contributed by atoms with van der Waals surface area (Å²) in [6.07, 6.45) is 0. The van der Waals surface area contributed by atoms with Gasteiger partial charge in [0.25, 0.3) is 0 Å². The summed E-state index contributed by atoms with van der Waals surface area (Å²) in [5.74, 6) is 0.363. The van der Waals surface area contributed by atoms with Crippen LogP contribution >= 0.6 is 0 Å². The van der Waals surface area contributed by atoms with Crippen LogP contribution in [0.4, 0.5) is 0 Å². The molecule has 0 saturated heterocycles. The van der Waals surface area contributed by atoms with Crippen molar-refractivity contribution in [3.8, 4) is 17.2 Å². The fourth-order valence-corrected chi connectivity index (χ4v) is 3.23. The molecule has 0 aliphatic heterocycles. The maximum absolute atomic E-state index is 12.6. The van der Waals surface area contributed by atoms with Crippen molar-refractivity contribution in [1.82, 2.24) is 0 Å². The van der Waals surface area contributed by atoms with Crippen LogP contribution in [0.2, 0.25) is 0 Å². The first-order valence-electron chi connectivity index (χ1n) is 7.20. The van der Waals surface area contributed by atoms with Crippen LogP contribution in [0.3, 0.4) is 0 Å². The molecule has 0 aliphatic rings. The van der Waals surface area contributed by atoms with Gasteiger partial charge in [0.2, 0.25) is 5.75 Å². The van der Waals surface area contributed by atoms with Crippen molar-refractivity contribution in [3.05, 3.63) is 47.0 Å². The lowest BCUT2D eigenvalue weighted by molar-refractivity contribution is 0.274. The van der Waals surface area contributed by atoms with E-state index in [0.29, 0.717) is 16.9 Å². The Labute approximate surface area is 141 Å². The van der Waals surface area contributed by atoms with Crippen molar-refractivity contribution in [3.63, 3.8) is 0 Å². The largest absolute Gasteiger partial charge is 0.493 e. The highest BCUT2D eigenvalue weighted by Gasteiger charge is 2.25. The lowest BCUT2D eigenvalue weighted by atomic mass is 10.1. The lowest BCUT2D eigenvalue weighted by Gasteiger charge is -2.18. The van der Waals surface area contributed by atoms with E-state index in [0.717, 1.165) is 5.56 Å². The van der Waals surface area contributed by atoms with Gasteiger partial charge in [-0.25, -0.2) is 0 Å². The third-order valence-corrected chi connectivity index (χ3v) is 4.85. The molecule has 0 aromatic heterocycles. The van der Waals surface area contributed by atoms with Crippen molar-refractivity contribution in [2.45, 2.75) is 25.3 Å². The quantitative estimate of drug-likeness (QED) is 0.805. The van der Waals surface area contributed by atoms with E-state index >= 15 is 0 Å². The van der Waals surface area contributed by atoms with Gasteiger partial charge in [-0.05, 0) is 37.6 Å². The molecular formula is C17H20O6S. The molecule has 0 aliphatic carbocycles. The van der Waals surface area contributed by atoms with E-state index in [2.05, 4.69) is 0 Å². The Morgan fingerprint density at radius 1 is 1.00 bits per heavy atom. The van der Waals surface area contributed by atoms with Crippen LogP contribution in [0.15, 0.2) is 35.2 Å². The van der Waals surface area contributed by atoms with Crippen LogP contribution in [-0.2, 0) is 16.7 Å². The second-order valence-corrected chi connectivity index (χ2v) is 6.79. The summed E-state index contributed by atoms with van der Waals surface area (Å²) in [6.45, 7) is 3.18. The molecule has 0 spiro atoms. The maximum Gasteiger partial charge on any atom is 0.339 e. The molecule has 0 fully saturated rings. The molecule has 0 bridgehead atoms. The van der Waals surface area contributed by atoms with E-state index in [-0.39, 0.29) is 16.4 Å². The first-order valence-corrected chi connectivity index (χ1v) is 8.61. The van der Waals surface area contributed by atoms with E-state index in [1.807, 2.05) is 6.92 Å². The van der Waals surface area contributed by atoms with Crippen molar-refractivity contribution < 1.29 is 27.2 Å². The molecule has 0 atom stereocenters. The first-order chi connectivity index (χ1) is 11.3. The zero-order valence-corrected chi connectivity index (χ0v) is 14.8. The highest BCUT2D eigenvalue weighted by atomic mass is 32.2. The highest BCUT2D eigenvalue weighted by Crippen LogP contribution is 2.43. The van der Waals surface area contributed by atoms with Gasteiger partial charge >= 0.3 is 10.1 Å². The highest BCUT2D eigenvalue weighted by molar-refractivity contribution is 7.87. The standard InChI is InChI=1S/C17H20O6S/c1-11-5-7-13(8-6-11)24(19,20)23-16-14(10-18)12(2)9-15(21-3)17(16)22-4/h5-9,18H,10H2,1-4H3. The van der Waals surface area contributed by atoms with E-state index in [4.69, 9.17) is 13.7 Å². The average molecular weight is 352 g/mol. The minimum Gasteiger partial charge on any atom is -0.493 e. The smallest absolute Gasteiger partial charge is 0.339 e. The molecule has 0 unspecified atom stereocenters. The number of hydrogen-bond acceptors (Lipinski definition) is 6. The van der Waals surface area contributed by atoms with Gasteiger partial charge in [-0.15, -0.1) is 0 Å². The molecule has 1 N–H and O–H groups in total. The second kappa shape index (κ2) is 7.11. The fourth-order valence-electron chi connectivity index (χ4n) is 2.27. The second-order valence-electron chi connectivity index (χ2n) is 5.25. The van der Waals surface area contributed by atoms with Gasteiger partial charge in [0.05, 0.1) is 20.8 Å². The Morgan fingerprint density at radius 2 is 1.62 bits per heavy atom. The molecular weight excluding hydrogens is 332 g/mol. The summed E-state index contributed by atoms with van der Waals surface area (Å²) in [4.78, 5) is 0.0134. The van der Waals surface area contributed by atoms with Crippen molar-refractivity contribution in [2.75, 3.05) is 14.2 Å². The zero-order chi connectivity index (χ0) is 17.9. The van der Waals surface area contributed by atoms with Crippen molar-refractivity contribution in [1.29, 1.82) is 0 Å². The number of hydrogen-bond donors (Lipinski definition) is 1. The number of ether oxygens (including phenoxy) is 2. The van der Waals surface area contributed by atoms with Crippen molar-refractivity contribution >= 4 is 10.1 Å². The Hall–Kier alpha value is -2.25. The van der Waals surface area contributed by atoms with Crippen LogP contribution in [0.1, 0.15) is 16.7 Å². The minimum atomic E-state index is -4.08. The summed E-state index contributed by atoms with van der Waals surface area (Å²) < 4.78 is 40.9. The SMILES string of the molecule is COc1cc(C)c(CO)c(OS(=O)(=O)c2ccc(C)cc2)c1OC. The van der Waals surface area contributed by atoms with E-state index in [1.165, 1.54) is 26.4 Å². The summed E-state index contributed by atoms with van der Waals surface area (Å²) in [5, 5.41) is 9.62. The topological polar surface area (TPSA) is 82.1 Å². The summed E-state index contributed by atoms with van der Waals surface area (Å²) in [7, 11) is -1.27. The van der Waals surface area contributed by atoms with Gasteiger partial charge in [-0.1, -0.05) is 17.7 Å². The summed E-state index contributed by atoms with van der Waals surface area (Å²) >= 11 is 0. The summed E-state index contributed by atoms with van der Waals surface area (Å²) in [5.41, 5.74) is 1.88. The lowest BCUT2D eigenvalue weighted by Crippen LogP contribution is -2.13. The van der Waals surface area contributed by atoms with Gasteiger partial charge in [-0.2, -0.15) is 8.42 Å². The monoisotopic (exact) mass is 352 g/mol. The number of aliphatic hydroxyl groups excluding tert-OH is 1. The van der Waals surface area contributed by atoms with Gasteiger partial charge in [0.1, 0.15) is 4.90 Å². The molecule has 0 saturated carbocycles. The van der Waals surface area contributed by atoms with Gasteiger partial charge in [0.15, 0.2) is 11.5 Å². The predicted octanol–water partition coefficient (Wildman–Crippen LogP) is 2.58. The minimum absolute atomic E-state index is 0.0134. The molecule has 2 aromatic carbocycles. The van der Waals surface area contributed by atoms with E-state index in [1.54, 1.807) is 25.1 Å². The van der Waals surface area contributed by atoms with Gasteiger partial charge in [-0.3, -0.25) is 0 Å². The van der Waals surface area contributed by atoms with Crippen LogP contribution in [0.5, 0.6) is 17.2 Å². The Bertz CT molecular complexity index is 825. The molecule has 7 heteroatoms. The van der Waals surface area contributed by atoms with Crippen molar-refractivity contribution in [2.24, 2.45) is 0 Å². The van der Waals surface area contributed by atoms with Crippen LogP contribution in [0, 0.1) is 13.8 Å². The molecule has 2 rings (SSSR count). The first kappa shape index (κ1) is 18.1. The normalized spacial score (nSPS) is 11.2. The third-order valence-electron chi connectivity index (χ3n) is 3.61. The fraction of sp³-hybridized carbons (Fsp3) is 0.294. The van der Waals surface area contributed by atoms with Crippen LogP contribution in [0.25, 0.3) is 0 Å². The van der Waals surface area contributed by atoms with Crippen LogP contribution in [-0.4, -0.2) is 27.7 Å². The molecule has 0 radical (unpaired) electrons. The molecule has 24 heavy (non-hydrogen) atoms. The Balaban J connectivity index is 2.59. The molecule has 0 heterocycles.